The first-order valence-electron chi connectivity index (χ1n) is 18.5. The lowest BCUT2D eigenvalue weighted by Gasteiger charge is -2.57. The van der Waals surface area contributed by atoms with Crippen molar-refractivity contribution in [2.75, 3.05) is 6.61 Å². The fraction of sp³-hybridized carbons (Fsp3) is 0.625. The zero-order chi connectivity index (χ0) is 39.8. The second kappa shape index (κ2) is 15.7. The number of benzene rings is 1. The average Bonchev–Trinajstić information content (AvgIpc) is 3.10. The monoisotopic (exact) mass is 755 g/mol. The summed E-state index contributed by atoms with van der Waals surface area (Å²) in [6.45, 7) is 8.85. The first kappa shape index (κ1) is 41.2. The number of aliphatic hydroxyl groups is 4. The van der Waals surface area contributed by atoms with Crippen molar-refractivity contribution in [1.82, 2.24) is 5.32 Å². The molecule has 2 aliphatic heterocycles. The number of carbonyl (C=O) groups excluding carboxylic acids is 5. The van der Waals surface area contributed by atoms with Gasteiger partial charge < -0.3 is 44.7 Å². The molecule has 1 unspecified atom stereocenters. The van der Waals surface area contributed by atoms with Crippen molar-refractivity contribution in [2.45, 2.75) is 140 Å². The minimum Gasteiger partial charge on any atom is -0.460 e. The van der Waals surface area contributed by atoms with Gasteiger partial charge in [-0.2, -0.15) is 0 Å². The van der Waals surface area contributed by atoms with E-state index in [1.165, 1.54) is 27.7 Å². The molecule has 296 valence electrons. The van der Waals surface area contributed by atoms with Gasteiger partial charge >= 0.3 is 17.9 Å². The summed E-state index contributed by atoms with van der Waals surface area (Å²) in [7, 11) is 0. The molecule has 1 saturated heterocycles. The molecular formula is C40H53NO13. The highest BCUT2D eigenvalue weighted by molar-refractivity contribution is 5.92. The van der Waals surface area contributed by atoms with Gasteiger partial charge in [0.1, 0.15) is 30.0 Å². The second-order valence-corrected chi connectivity index (χ2v) is 15.9. The lowest BCUT2D eigenvalue weighted by molar-refractivity contribution is -0.291. The summed E-state index contributed by atoms with van der Waals surface area (Å²) in [4.78, 5) is 66.5. The van der Waals surface area contributed by atoms with E-state index in [0.29, 0.717) is 18.4 Å². The number of hydrogen-bond acceptors (Lipinski definition) is 13. The van der Waals surface area contributed by atoms with Crippen LogP contribution in [0.5, 0.6) is 0 Å². The van der Waals surface area contributed by atoms with Gasteiger partial charge in [-0.3, -0.25) is 19.2 Å². The lowest BCUT2D eigenvalue weighted by Crippen LogP contribution is -2.70. The van der Waals surface area contributed by atoms with Gasteiger partial charge in [0, 0.05) is 44.4 Å². The number of amides is 1. The number of cyclic esters (lactones) is 1. The number of ether oxygens (including phenoxy) is 4. The summed E-state index contributed by atoms with van der Waals surface area (Å²) < 4.78 is 22.9. The van der Waals surface area contributed by atoms with Crippen LogP contribution in [0.3, 0.4) is 0 Å². The molecule has 2 heterocycles. The van der Waals surface area contributed by atoms with Gasteiger partial charge in [0.2, 0.25) is 5.91 Å². The van der Waals surface area contributed by atoms with E-state index in [-0.39, 0.29) is 49.9 Å². The number of carbonyl (C=O) groups is 5. The van der Waals surface area contributed by atoms with E-state index in [0.717, 1.165) is 0 Å². The number of aliphatic hydroxyl groups excluding tert-OH is 3. The summed E-state index contributed by atoms with van der Waals surface area (Å²) in [6, 6.07) is 7.19. The van der Waals surface area contributed by atoms with Gasteiger partial charge in [-0.25, -0.2) is 4.79 Å². The van der Waals surface area contributed by atoms with Crippen LogP contribution >= 0.6 is 0 Å². The highest BCUT2D eigenvalue weighted by Gasteiger charge is 2.65. The van der Waals surface area contributed by atoms with Gasteiger partial charge in [-0.15, -0.1) is 0 Å². The van der Waals surface area contributed by atoms with E-state index in [4.69, 9.17) is 18.9 Å². The number of esters is 3. The third-order valence-electron chi connectivity index (χ3n) is 12.0. The van der Waals surface area contributed by atoms with E-state index in [2.05, 4.69) is 5.32 Å². The molecule has 4 aliphatic rings. The maximum absolute atomic E-state index is 14.6. The fourth-order valence-electron chi connectivity index (χ4n) is 8.70. The van der Waals surface area contributed by atoms with Crippen molar-refractivity contribution < 1.29 is 63.3 Å². The van der Waals surface area contributed by atoms with Crippen molar-refractivity contribution in [2.24, 2.45) is 10.8 Å². The molecular weight excluding hydrogens is 702 g/mol. The molecule has 14 nitrogen and oxygen atoms in total. The normalized spacial score (nSPS) is 37.5. The Balaban J connectivity index is 1.57. The smallest absolute Gasteiger partial charge is 0.338 e. The van der Waals surface area contributed by atoms with Crippen molar-refractivity contribution in [3.63, 3.8) is 0 Å². The standard InChI is InChI=1S/C40H53NO13/c1-22-26-19-40(50,37(4,5)31(22)33(46)35(48)38(6)20-39(54-24(3)42)21-51-28(39)18-27(38)43)23(2)52-30(45)17-13-8-7-12-16-29(44)41-32(34(47)36(49)53-26)25-14-10-9-11-15-25/h7-11,14-15,23,26-28,32-34,43,46-47,50H,12-13,16-21H2,1-6H3,(H,41,44)/b8-7-/t23-,26?,27-,28+,32-,33+,34+,38-,39-,40+/m0/s1. The fourth-order valence-corrected chi connectivity index (χ4v) is 8.70. The molecule has 0 aromatic heterocycles. The highest BCUT2D eigenvalue weighted by Crippen LogP contribution is 2.55. The Hall–Kier alpha value is -3.95. The Morgan fingerprint density at radius 3 is 2.26 bits per heavy atom. The zero-order valence-corrected chi connectivity index (χ0v) is 31.7. The molecule has 0 spiro atoms. The van der Waals surface area contributed by atoms with Crippen LogP contribution in [0.1, 0.15) is 98.1 Å². The second-order valence-electron chi connectivity index (χ2n) is 15.9. The molecule has 5 rings (SSSR count). The highest BCUT2D eigenvalue weighted by atomic mass is 16.6. The van der Waals surface area contributed by atoms with Crippen molar-refractivity contribution in [1.29, 1.82) is 0 Å². The van der Waals surface area contributed by atoms with E-state index < -0.39 is 94.3 Å². The molecule has 1 amide bonds. The number of rotatable bonds is 5. The number of nitrogens with one attached hydrogen (secondary N) is 1. The predicted octanol–water partition coefficient (Wildman–Crippen LogP) is 2.45. The molecule has 10 atom stereocenters. The van der Waals surface area contributed by atoms with E-state index in [1.54, 1.807) is 56.3 Å². The molecule has 14 heteroatoms. The molecule has 5 N–H and O–H groups in total. The van der Waals surface area contributed by atoms with Gasteiger partial charge in [0.25, 0.3) is 0 Å². The quantitative estimate of drug-likeness (QED) is 0.166. The number of hydrogen-bond donors (Lipinski definition) is 5. The first-order valence-corrected chi connectivity index (χ1v) is 18.5. The van der Waals surface area contributed by atoms with Crippen molar-refractivity contribution in [3.8, 4) is 0 Å². The van der Waals surface area contributed by atoms with Crippen LogP contribution < -0.4 is 5.32 Å². The van der Waals surface area contributed by atoms with E-state index in [9.17, 15) is 44.4 Å². The van der Waals surface area contributed by atoms with Gasteiger partial charge in [-0.1, -0.05) is 56.3 Å². The Morgan fingerprint density at radius 2 is 1.65 bits per heavy atom. The van der Waals surface area contributed by atoms with Gasteiger partial charge in [-0.05, 0) is 50.3 Å². The first-order chi connectivity index (χ1) is 25.3. The Labute approximate surface area is 314 Å². The maximum atomic E-state index is 14.6. The SMILES string of the molecule is CC(=O)O[C@@]12CO[C@@H]1C[C@H](O)[C@@](C)(C(=O)[C@H](O)C1=C(C)C3C[C@@](O)([C@H](C)OC(=O)CC/C=C\CCC(=O)N[C@@H](c4ccccc4)[C@@H](O)C(=O)O3)C1(C)C)C2. The van der Waals surface area contributed by atoms with Gasteiger partial charge in [0.05, 0.1) is 24.2 Å². The largest absolute Gasteiger partial charge is 0.460 e. The molecule has 2 aliphatic carbocycles. The van der Waals surface area contributed by atoms with Crippen LogP contribution in [0.25, 0.3) is 0 Å². The number of allylic oxidation sites excluding steroid dienone is 2. The molecule has 1 aromatic carbocycles. The third-order valence-corrected chi connectivity index (χ3v) is 12.0. The Morgan fingerprint density at radius 1 is 1.00 bits per heavy atom. The summed E-state index contributed by atoms with van der Waals surface area (Å²) >= 11 is 0. The van der Waals surface area contributed by atoms with Crippen LogP contribution in [0, 0.1) is 10.8 Å². The van der Waals surface area contributed by atoms with Crippen LogP contribution in [-0.4, -0.2) is 104 Å². The predicted molar refractivity (Wildman–Crippen MR) is 191 cm³/mol. The molecule has 54 heavy (non-hydrogen) atoms. The lowest BCUT2D eigenvalue weighted by atomic mass is 9.55. The molecule has 2 fully saturated rings. The van der Waals surface area contributed by atoms with Gasteiger partial charge in [0.15, 0.2) is 17.5 Å². The number of ketones is 1. The minimum absolute atomic E-state index is 0.000639. The maximum Gasteiger partial charge on any atom is 0.338 e. The molecule has 2 bridgehead atoms. The minimum atomic E-state index is -2.07. The number of Topliss-reactive ketones (excluding diaryl/α,β-unsaturated/α-hetero) is 1. The summed E-state index contributed by atoms with van der Waals surface area (Å²) in [5.41, 5.74) is -5.86. The zero-order valence-electron chi connectivity index (χ0n) is 31.7. The van der Waals surface area contributed by atoms with E-state index >= 15 is 0 Å². The average molecular weight is 756 g/mol. The summed E-state index contributed by atoms with van der Waals surface area (Å²) in [5, 5.41) is 50.3. The van der Waals surface area contributed by atoms with Crippen LogP contribution in [0.4, 0.5) is 0 Å². The third kappa shape index (κ3) is 7.63. The Kier molecular flexibility index (Phi) is 12.0. The number of fused-ring (bicyclic) bond motifs is 3. The molecule has 1 saturated carbocycles. The molecule has 0 radical (unpaired) electrons. The topological polar surface area (TPSA) is 215 Å². The van der Waals surface area contributed by atoms with Crippen LogP contribution in [0.2, 0.25) is 0 Å². The summed E-state index contributed by atoms with van der Waals surface area (Å²) in [5.74, 6) is -3.67. The molecule has 1 aromatic rings. The summed E-state index contributed by atoms with van der Waals surface area (Å²) in [6.07, 6.45) is -4.97. The van der Waals surface area contributed by atoms with Crippen LogP contribution in [0.15, 0.2) is 53.6 Å². The van der Waals surface area contributed by atoms with E-state index in [1.807, 2.05) is 0 Å². The Bertz CT molecular complexity index is 1690. The van der Waals surface area contributed by atoms with Crippen LogP contribution in [-0.2, 0) is 42.9 Å². The van der Waals surface area contributed by atoms with Crippen molar-refractivity contribution >= 4 is 29.6 Å². The van der Waals surface area contributed by atoms with Crippen molar-refractivity contribution in [3.05, 3.63) is 59.2 Å².